The van der Waals surface area contributed by atoms with Crippen LogP contribution in [0.5, 0.6) is 0 Å². The van der Waals surface area contributed by atoms with Crippen LogP contribution in [0.2, 0.25) is 10.0 Å². The minimum Gasteiger partial charge on any atom is -0.336 e. The normalized spacial score (nSPS) is 16.6. The Hall–Kier alpha value is -2.15. The first-order valence-electron chi connectivity index (χ1n) is 8.73. The number of halogens is 2. The maximum absolute atomic E-state index is 12.6. The van der Waals surface area contributed by atoms with Crippen molar-refractivity contribution in [1.29, 1.82) is 0 Å². The average Bonchev–Trinajstić information content (AvgIpc) is 2.87. The Labute approximate surface area is 179 Å². The van der Waals surface area contributed by atoms with Crippen LogP contribution in [0.15, 0.2) is 48.5 Å². The van der Waals surface area contributed by atoms with Crippen LogP contribution in [-0.4, -0.2) is 46.4 Å². The third kappa shape index (κ3) is 4.82. The molecule has 0 unspecified atom stereocenters. The molecule has 0 spiro atoms. The molecule has 1 N–H and O–H groups in total. The zero-order valence-corrected chi connectivity index (χ0v) is 17.5. The Morgan fingerprint density at radius 3 is 2.25 bits per heavy atom. The predicted octanol–water partition coefficient (Wildman–Crippen LogP) is 3.99. The summed E-state index contributed by atoms with van der Waals surface area (Å²) in [4.78, 5) is 28.3. The first-order chi connectivity index (χ1) is 13.3. The van der Waals surface area contributed by atoms with E-state index in [1.165, 1.54) is 4.90 Å². The fraction of sp³-hybridized carbons (Fsp3) is 0.250. The van der Waals surface area contributed by atoms with Crippen molar-refractivity contribution in [2.75, 3.05) is 18.9 Å². The molecule has 3 rings (SSSR count). The molecule has 1 heterocycles. The second kappa shape index (κ2) is 8.90. The van der Waals surface area contributed by atoms with Crippen molar-refractivity contribution in [3.63, 3.8) is 0 Å². The highest BCUT2D eigenvalue weighted by molar-refractivity contribution is 7.80. The summed E-state index contributed by atoms with van der Waals surface area (Å²) in [6.45, 7) is 0.537. The Morgan fingerprint density at radius 1 is 1.07 bits per heavy atom. The summed E-state index contributed by atoms with van der Waals surface area (Å²) >= 11 is 17.2. The van der Waals surface area contributed by atoms with Gasteiger partial charge >= 0.3 is 0 Å². The van der Waals surface area contributed by atoms with E-state index in [9.17, 15) is 9.59 Å². The van der Waals surface area contributed by atoms with Crippen molar-refractivity contribution < 1.29 is 9.59 Å². The summed E-state index contributed by atoms with van der Waals surface area (Å²) in [7, 11) is 1.64. The molecule has 1 atom stereocenters. The summed E-state index contributed by atoms with van der Waals surface area (Å²) in [6, 6.07) is 13.7. The van der Waals surface area contributed by atoms with Crippen LogP contribution < -0.4 is 5.32 Å². The van der Waals surface area contributed by atoms with Crippen molar-refractivity contribution in [1.82, 2.24) is 9.80 Å². The summed E-state index contributed by atoms with van der Waals surface area (Å²) in [5.41, 5.74) is 1.71. The Kier molecular flexibility index (Phi) is 6.54. The van der Waals surface area contributed by atoms with Gasteiger partial charge in [-0.1, -0.05) is 35.3 Å². The van der Waals surface area contributed by atoms with Crippen molar-refractivity contribution in [2.45, 2.75) is 18.9 Å². The van der Waals surface area contributed by atoms with Crippen molar-refractivity contribution >= 4 is 58.0 Å². The molecule has 2 amide bonds. The van der Waals surface area contributed by atoms with Crippen LogP contribution in [-0.2, 0) is 16.0 Å². The number of carbonyl (C=O) groups excluding carboxylic acids is 2. The van der Waals surface area contributed by atoms with Crippen molar-refractivity contribution in [2.24, 2.45) is 0 Å². The van der Waals surface area contributed by atoms with Gasteiger partial charge in [0.2, 0.25) is 5.91 Å². The Balaban J connectivity index is 1.66. The lowest BCUT2D eigenvalue weighted by molar-refractivity contribution is -0.130. The number of hydrogen-bond acceptors (Lipinski definition) is 3. The second-order valence-electron chi connectivity index (χ2n) is 6.52. The summed E-state index contributed by atoms with van der Waals surface area (Å²) in [6.07, 6.45) is 0.709. The minimum absolute atomic E-state index is 0.0204. The number of thiocarbonyl (C=S) groups is 1. The van der Waals surface area contributed by atoms with Gasteiger partial charge in [-0.3, -0.25) is 14.5 Å². The highest BCUT2D eigenvalue weighted by atomic mass is 35.5. The molecule has 1 aliphatic heterocycles. The summed E-state index contributed by atoms with van der Waals surface area (Å²) in [5.74, 6) is -0.428. The molecule has 0 aromatic heterocycles. The van der Waals surface area contributed by atoms with Gasteiger partial charge in [0.15, 0.2) is 5.11 Å². The molecular weight excluding hydrogens is 417 g/mol. The van der Waals surface area contributed by atoms with Crippen LogP contribution in [0.3, 0.4) is 0 Å². The van der Waals surface area contributed by atoms with E-state index < -0.39 is 6.04 Å². The van der Waals surface area contributed by atoms with Gasteiger partial charge in [0, 0.05) is 29.3 Å². The van der Waals surface area contributed by atoms with Gasteiger partial charge in [0.1, 0.15) is 6.04 Å². The van der Waals surface area contributed by atoms with E-state index in [0.29, 0.717) is 33.8 Å². The smallest absolute Gasteiger partial charge is 0.251 e. The first kappa shape index (κ1) is 20.6. The van der Waals surface area contributed by atoms with Gasteiger partial charge in [0.05, 0.1) is 6.42 Å². The van der Waals surface area contributed by atoms with E-state index in [0.717, 1.165) is 5.56 Å². The third-order valence-electron chi connectivity index (χ3n) is 4.59. The van der Waals surface area contributed by atoms with E-state index in [1.54, 1.807) is 31.3 Å². The van der Waals surface area contributed by atoms with E-state index in [-0.39, 0.29) is 18.2 Å². The highest BCUT2D eigenvalue weighted by Crippen LogP contribution is 2.21. The van der Waals surface area contributed by atoms with Gasteiger partial charge < -0.3 is 10.2 Å². The van der Waals surface area contributed by atoms with Gasteiger partial charge in [-0.05, 0) is 60.6 Å². The van der Waals surface area contributed by atoms with Gasteiger partial charge in [-0.2, -0.15) is 0 Å². The van der Waals surface area contributed by atoms with Crippen LogP contribution in [0.25, 0.3) is 0 Å². The number of amides is 2. The van der Waals surface area contributed by atoms with Crippen LogP contribution in [0.4, 0.5) is 5.69 Å². The van der Waals surface area contributed by atoms with Crippen LogP contribution >= 0.6 is 35.4 Å². The number of anilines is 1. The lowest BCUT2D eigenvalue weighted by atomic mass is 10.1. The molecule has 1 aliphatic rings. The van der Waals surface area contributed by atoms with E-state index >= 15 is 0 Å². The average molecular weight is 436 g/mol. The standard InChI is InChI=1S/C20H19Cl2N3O2S/c1-24-19(27)17(12-18(26)23-16-8-6-15(22)7-9-16)25(20(24)28)11-10-13-2-4-14(21)5-3-13/h2-9,17H,10-12H2,1H3,(H,23,26)/t17-/m1/s1. The SMILES string of the molecule is CN1C(=O)[C@@H](CC(=O)Nc2ccc(Cl)cc2)N(CCc2ccc(Cl)cc2)C1=S. The first-order valence-corrected chi connectivity index (χ1v) is 9.89. The molecule has 0 radical (unpaired) electrons. The Bertz CT molecular complexity index is 887. The number of likely N-dealkylation sites (N-methyl/N-ethyl adjacent to an activating group) is 1. The molecule has 5 nitrogen and oxygen atoms in total. The number of hydrogen-bond donors (Lipinski definition) is 1. The largest absolute Gasteiger partial charge is 0.336 e. The molecule has 8 heteroatoms. The third-order valence-corrected chi connectivity index (χ3v) is 5.60. The fourth-order valence-corrected chi connectivity index (χ4v) is 3.61. The summed E-state index contributed by atoms with van der Waals surface area (Å²) < 4.78 is 0. The van der Waals surface area contributed by atoms with Crippen LogP contribution in [0, 0.1) is 0 Å². The van der Waals surface area contributed by atoms with Gasteiger partial charge in [-0.25, -0.2) is 0 Å². The quantitative estimate of drug-likeness (QED) is 0.696. The second-order valence-corrected chi connectivity index (χ2v) is 7.76. The molecule has 0 saturated carbocycles. The zero-order chi connectivity index (χ0) is 20.3. The molecule has 2 aromatic rings. The lowest BCUT2D eigenvalue weighted by Crippen LogP contribution is -2.39. The Morgan fingerprint density at radius 2 is 1.64 bits per heavy atom. The van der Waals surface area contributed by atoms with Gasteiger partial charge in [-0.15, -0.1) is 0 Å². The predicted molar refractivity (Wildman–Crippen MR) is 116 cm³/mol. The molecule has 1 fully saturated rings. The number of nitrogens with one attached hydrogen (secondary N) is 1. The molecule has 28 heavy (non-hydrogen) atoms. The topological polar surface area (TPSA) is 52.7 Å². The van der Waals surface area contributed by atoms with Crippen molar-refractivity contribution in [3.8, 4) is 0 Å². The monoisotopic (exact) mass is 435 g/mol. The van der Waals surface area contributed by atoms with Gasteiger partial charge in [0.25, 0.3) is 5.91 Å². The maximum Gasteiger partial charge on any atom is 0.251 e. The van der Waals surface area contributed by atoms with E-state index in [4.69, 9.17) is 35.4 Å². The van der Waals surface area contributed by atoms with E-state index in [1.807, 2.05) is 29.2 Å². The molecule has 1 saturated heterocycles. The number of carbonyl (C=O) groups is 2. The molecule has 146 valence electrons. The summed E-state index contributed by atoms with van der Waals surface area (Å²) in [5, 5.41) is 4.49. The van der Waals surface area contributed by atoms with Crippen LogP contribution in [0.1, 0.15) is 12.0 Å². The molecule has 0 bridgehead atoms. The van der Waals surface area contributed by atoms with Crippen molar-refractivity contribution in [3.05, 3.63) is 64.1 Å². The maximum atomic E-state index is 12.6. The number of rotatable bonds is 6. The fourth-order valence-electron chi connectivity index (χ4n) is 3.05. The molecule has 0 aliphatic carbocycles. The van der Waals surface area contributed by atoms with E-state index in [2.05, 4.69) is 5.32 Å². The minimum atomic E-state index is -0.614. The molecule has 2 aromatic carbocycles. The lowest BCUT2D eigenvalue weighted by Gasteiger charge is -2.23. The number of benzene rings is 2. The highest BCUT2D eigenvalue weighted by Gasteiger charge is 2.41. The number of nitrogens with zero attached hydrogens (tertiary/aromatic N) is 2. The molecular formula is C20H19Cl2N3O2S. The zero-order valence-electron chi connectivity index (χ0n) is 15.2.